The number of nitrogens with zero attached hydrogens (tertiary/aromatic N) is 5. The third-order valence-electron chi connectivity index (χ3n) is 4.50. The van der Waals surface area contributed by atoms with Crippen LogP contribution >= 0.6 is 0 Å². The van der Waals surface area contributed by atoms with Gasteiger partial charge in [0.25, 0.3) is 5.91 Å². The van der Waals surface area contributed by atoms with Crippen molar-refractivity contribution in [3.63, 3.8) is 0 Å². The lowest BCUT2D eigenvalue weighted by Gasteiger charge is -2.34. The minimum absolute atomic E-state index is 0.126. The van der Waals surface area contributed by atoms with E-state index in [0.717, 1.165) is 17.0 Å². The van der Waals surface area contributed by atoms with Crippen molar-refractivity contribution in [2.45, 2.75) is 26.3 Å². The van der Waals surface area contributed by atoms with Crippen molar-refractivity contribution in [3.05, 3.63) is 59.7 Å². The van der Waals surface area contributed by atoms with Crippen LogP contribution in [-0.2, 0) is 6.42 Å². The van der Waals surface area contributed by atoms with Gasteiger partial charge in [0, 0.05) is 30.9 Å². The molecule has 3 aromatic heterocycles. The summed E-state index contributed by atoms with van der Waals surface area (Å²) < 4.78 is 5.25. The Bertz CT molecular complexity index is 922. The maximum absolute atomic E-state index is 12.7. The summed E-state index contributed by atoms with van der Waals surface area (Å²) in [5, 5.41) is 0. The number of hydrogen-bond acceptors (Lipinski definition) is 6. The predicted octanol–water partition coefficient (Wildman–Crippen LogP) is 2.59. The SMILES string of the molecule is Cc1ncoc1C(=O)N1CCc2nc(-c3ccccn3)ncc2C1C. The smallest absolute Gasteiger partial charge is 0.292 e. The number of rotatable bonds is 2. The van der Waals surface area contributed by atoms with Gasteiger partial charge in [0.1, 0.15) is 5.69 Å². The predicted molar refractivity (Wildman–Crippen MR) is 89.7 cm³/mol. The van der Waals surface area contributed by atoms with Gasteiger partial charge < -0.3 is 9.32 Å². The second-order valence-electron chi connectivity index (χ2n) is 6.00. The minimum atomic E-state index is -0.151. The molecule has 0 bridgehead atoms. The zero-order valence-electron chi connectivity index (χ0n) is 14.0. The minimum Gasteiger partial charge on any atom is -0.438 e. The summed E-state index contributed by atoms with van der Waals surface area (Å²) >= 11 is 0. The topological polar surface area (TPSA) is 85.0 Å². The molecule has 1 unspecified atom stereocenters. The van der Waals surface area contributed by atoms with Crippen LogP contribution in [0.3, 0.4) is 0 Å². The maximum atomic E-state index is 12.7. The van der Waals surface area contributed by atoms with E-state index in [1.165, 1.54) is 6.39 Å². The Morgan fingerprint density at radius 1 is 1.28 bits per heavy atom. The molecular weight excluding hydrogens is 318 g/mol. The highest BCUT2D eigenvalue weighted by molar-refractivity contribution is 5.92. The van der Waals surface area contributed by atoms with Gasteiger partial charge >= 0.3 is 0 Å². The Labute approximate surface area is 144 Å². The quantitative estimate of drug-likeness (QED) is 0.715. The summed E-state index contributed by atoms with van der Waals surface area (Å²) in [6.07, 6.45) is 5.49. The molecule has 1 atom stereocenters. The molecule has 7 heteroatoms. The molecular formula is C18H17N5O2. The maximum Gasteiger partial charge on any atom is 0.292 e. The number of hydrogen-bond donors (Lipinski definition) is 0. The number of oxazole rings is 1. The van der Waals surface area contributed by atoms with Crippen LogP contribution in [0.4, 0.5) is 0 Å². The Morgan fingerprint density at radius 2 is 2.16 bits per heavy atom. The van der Waals surface area contributed by atoms with Crippen LogP contribution in [0.1, 0.15) is 40.5 Å². The molecule has 0 aliphatic carbocycles. The highest BCUT2D eigenvalue weighted by Crippen LogP contribution is 2.30. The van der Waals surface area contributed by atoms with Crippen molar-refractivity contribution < 1.29 is 9.21 Å². The van der Waals surface area contributed by atoms with Crippen LogP contribution in [0.5, 0.6) is 0 Å². The number of fused-ring (bicyclic) bond motifs is 1. The van der Waals surface area contributed by atoms with Crippen molar-refractivity contribution >= 4 is 5.91 Å². The van der Waals surface area contributed by atoms with E-state index in [4.69, 9.17) is 4.42 Å². The largest absolute Gasteiger partial charge is 0.438 e. The molecule has 0 N–H and O–H groups in total. The van der Waals surface area contributed by atoms with Gasteiger partial charge in [-0.05, 0) is 26.0 Å². The molecule has 3 aromatic rings. The normalized spacial score (nSPS) is 16.6. The molecule has 0 saturated carbocycles. The van der Waals surface area contributed by atoms with Crippen LogP contribution in [0.15, 0.2) is 41.4 Å². The zero-order valence-corrected chi connectivity index (χ0v) is 14.0. The number of aryl methyl sites for hydroxylation is 1. The van der Waals surface area contributed by atoms with Crippen LogP contribution in [0.2, 0.25) is 0 Å². The van der Waals surface area contributed by atoms with Gasteiger partial charge in [-0.2, -0.15) is 0 Å². The summed E-state index contributed by atoms with van der Waals surface area (Å²) in [5.41, 5.74) is 3.26. The van der Waals surface area contributed by atoms with Gasteiger partial charge in [-0.3, -0.25) is 9.78 Å². The van der Waals surface area contributed by atoms with Crippen LogP contribution in [0.25, 0.3) is 11.5 Å². The number of pyridine rings is 1. The summed E-state index contributed by atoms with van der Waals surface area (Å²) in [4.78, 5) is 31.9. The first-order valence-corrected chi connectivity index (χ1v) is 8.13. The van der Waals surface area contributed by atoms with Crippen molar-refractivity contribution in [1.29, 1.82) is 0 Å². The van der Waals surface area contributed by atoms with Gasteiger partial charge in [0.2, 0.25) is 5.76 Å². The number of carbonyl (C=O) groups excluding carboxylic acids is 1. The first-order chi connectivity index (χ1) is 12.1. The fraction of sp³-hybridized carbons (Fsp3) is 0.278. The fourth-order valence-electron chi connectivity index (χ4n) is 3.10. The second-order valence-corrected chi connectivity index (χ2v) is 6.00. The zero-order chi connectivity index (χ0) is 17.4. The fourth-order valence-corrected chi connectivity index (χ4v) is 3.10. The Hall–Kier alpha value is -3.09. The van der Waals surface area contributed by atoms with E-state index in [2.05, 4.69) is 19.9 Å². The molecule has 4 rings (SSSR count). The Kier molecular flexibility index (Phi) is 3.76. The molecule has 1 aliphatic heterocycles. The number of aromatic nitrogens is 4. The van der Waals surface area contributed by atoms with Gasteiger partial charge in [-0.15, -0.1) is 0 Å². The lowest BCUT2D eigenvalue weighted by molar-refractivity contribution is 0.0642. The van der Waals surface area contributed by atoms with Gasteiger partial charge in [0.05, 0.1) is 17.4 Å². The molecule has 25 heavy (non-hydrogen) atoms. The molecule has 126 valence electrons. The van der Waals surface area contributed by atoms with Crippen molar-refractivity contribution in [2.24, 2.45) is 0 Å². The van der Waals surface area contributed by atoms with Gasteiger partial charge in [-0.1, -0.05) is 6.07 Å². The molecule has 7 nitrogen and oxygen atoms in total. The summed E-state index contributed by atoms with van der Waals surface area (Å²) in [7, 11) is 0. The molecule has 4 heterocycles. The van der Waals surface area contributed by atoms with E-state index in [0.29, 0.717) is 30.2 Å². The first kappa shape index (κ1) is 15.4. The number of amides is 1. The average Bonchev–Trinajstić information content (AvgIpc) is 3.08. The third kappa shape index (κ3) is 2.67. The average molecular weight is 335 g/mol. The van der Waals surface area contributed by atoms with Crippen LogP contribution in [0, 0.1) is 6.92 Å². The molecule has 0 spiro atoms. The van der Waals surface area contributed by atoms with Gasteiger partial charge in [0.15, 0.2) is 12.2 Å². The van der Waals surface area contributed by atoms with E-state index in [9.17, 15) is 4.79 Å². The lowest BCUT2D eigenvalue weighted by Crippen LogP contribution is -2.39. The summed E-state index contributed by atoms with van der Waals surface area (Å²) in [5.74, 6) is 0.751. The molecule has 1 aliphatic rings. The van der Waals surface area contributed by atoms with Crippen LogP contribution < -0.4 is 0 Å². The van der Waals surface area contributed by atoms with E-state index < -0.39 is 0 Å². The van der Waals surface area contributed by atoms with Crippen molar-refractivity contribution in [2.75, 3.05) is 6.54 Å². The second kappa shape index (κ2) is 6.08. The molecule has 0 fully saturated rings. The van der Waals surface area contributed by atoms with E-state index in [1.807, 2.05) is 25.1 Å². The third-order valence-corrected chi connectivity index (χ3v) is 4.50. The monoisotopic (exact) mass is 335 g/mol. The lowest BCUT2D eigenvalue weighted by atomic mass is 9.99. The van der Waals surface area contributed by atoms with E-state index >= 15 is 0 Å². The Morgan fingerprint density at radius 3 is 2.88 bits per heavy atom. The highest BCUT2D eigenvalue weighted by atomic mass is 16.3. The number of carbonyl (C=O) groups is 1. The van der Waals surface area contributed by atoms with E-state index in [-0.39, 0.29) is 11.9 Å². The van der Waals surface area contributed by atoms with E-state index in [1.54, 1.807) is 24.2 Å². The molecule has 0 saturated heterocycles. The Balaban J connectivity index is 1.64. The molecule has 1 amide bonds. The van der Waals surface area contributed by atoms with Crippen molar-refractivity contribution in [3.8, 4) is 11.5 Å². The van der Waals surface area contributed by atoms with Gasteiger partial charge in [-0.25, -0.2) is 15.0 Å². The molecule has 0 radical (unpaired) electrons. The summed E-state index contributed by atoms with van der Waals surface area (Å²) in [6.45, 7) is 4.32. The highest BCUT2D eigenvalue weighted by Gasteiger charge is 2.32. The molecule has 0 aromatic carbocycles. The van der Waals surface area contributed by atoms with Crippen molar-refractivity contribution in [1.82, 2.24) is 24.8 Å². The standard InChI is InChI=1S/C18H17N5O2/c1-11-16(25-10-21-11)18(24)23-8-6-14-13(12(23)2)9-20-17(22-14)15-5-3-4-7-19-15/h3-5,7,9-10,12H,6,8H2,1-2H3. The van der Waals surface area contributed by atoms with Crippen LogP contribution in [-0.4, -0.2) is 37.3 Å². The summed E-state index contributed by atoms with van der Waals surface area (Å²) in [6, 6.07) is 5.53. The first-order valence-electron chi connectivity index (χ1n) is 8.13.